The van der Waals surface area contributed by atoms with Crippen LogP contribution >= 0.6 is 0 Å². The number of nitrogens with two attached hydrogens (primary N) is 1. The number of hydrogen-bond acceptors (Lipinski definition) is 4. The molecule has 106 valence electrons. The molecule has 0 aliphatic rings. The number of nitrogen functional groups attached to an aromatic ring is 1. The van der Waals surface area contributed by atoms with Crippen molar-refractivity contribution in [2.24, 2.45) is 0 Å². The Morgan fingerprint density at radius 2 is 2.00 bits per heavy atom. The summed E-state index contributed by atoms with van der Waals surface area (Å²) < 4.78 is 5.06. The van der Waals surface area contributed by atoms with Crippen LogP contribution in [0, 0.1) is 0 Å². The number of nitrogens with one attached hydrogen (secondary N) is 2. The summed E-state index contributed by atoms with van der Waals surface area (Å²) in [5, 5.41) is 9.53. The Bertz CT molecular complexity index is 602. The van der Waals surface area contributed by atoms with Crippen LogP contribution in [0.15, 0.2) is 24.3 Å². The van der Waals surface area contributed by atoms with E-state index in [4.69, 9.17) is 10.5 Å². The van der Waals surface area contributed by atoms with Crippen molar-refractivity contribution in [3.63, 3.8) is 0 Å². The smallest absolute Gasteiger partial charge is 0.278 e. The molecule has 0 radical (unpaired) electrons. The molecule has 0 spiro atoms. The first-order valence-corrected chi connectivity index (χ1v) is 6.32. The number of aromatic amines is 1. The van der Waals surface area contributed by atoms with Gasteiger partial charge in [-0.05, 0) is 30.2 Å². The van der Waals surface area contributed by atoms with Gasteiger partial charge in [0.1, 0.15) is 5.75 Å². The predicted molar refractivity (Wildman–Crippen MR) is 78.0 cm³/mol. The number of ether oxygens (including phenoxy) is 1. The molecule has 0 aliphatic heterocycles. The molecule has 2 aromatic rings. The van der Waals surface area contributed by atoms with Crippen molar-refractivity contribution < 1.29 is 9.53 Å². The number of rotatable bonds is 4. The molecule has 0 atom stereocenters. The van der Waals surface area contributed by atoms with E-state index in [1.165, 1.54) is 0 Å². The average Bonchev–Trinajstić information content (AvgIpc) is 2.81. The van der Waals surface area contributed by atoms with Crippen LogP contribution in [0.2, 0.25) is 0 Å². The number of amides is 1. The first-order chi connectivity index (χ1) is 9.52. The van der Waals surface area contributed by atoms with Crippen LogP contribution in [0.25, 0.3) is 0 Å². The third kappa shape index (κ3) is 2.74. The SMILES string of the molecule is COc1ccc(NC(=O)c2n[nH]c(C(C)C)c2N)cc1. The minimum Gasteiger partial charge on any atom is -0.497 e. The molecular formula is C14H18N4O2. The van der Waals surface area contributed by atoms with E-state index >= 15 is 0 Å². The second-order valence-electron chi connectivity index (χ2n) is 4.74. The van der Waals surface area contributed by atoms with Crippen molar-refractivity contribution in [1.29, 1.82) is 0 Å². The second kappa shape index (κ2) is 5.64. The van der Waals surface area contributed by atoms with E-state index in [9.17, 15) is 4.79 Å². The summed E-state index contributed by atoms with van der Waals surface area (Å²) in [5.74, 6) is 0.574. The third-order valence-electron chi connectivity index (χ3n) is 2.97. The number of methoxy groups -OCH3 is 1. The highest BCUT2D eigenvalue weighted by atomic mass is 16.5. The molecule has 1 aromatic heterocycles. The van der Waals surface area contributed by atoms with Crippen molar-refractivity contribution in [1.82, 2.24) is 10.2 Å². The molecule has 4 N–H and O–H groups in total. The lowest BCUT2D eigenvalue weighted by atomic mass is 10.1. The van der Waals surface area contributed by atoms with Gasteiger partial charge in [0.25, 0.3) is 5.91 Å². The van der Waals surface area contributed by atoms with Crippen molar-refractivity contribution in [3.8, 4) is 5.75 Å². The highest BCUT2D eigenvalue weighted by Gasteiger charge is 2.18. The first-order valence-electron chi connectivity index (χ1n) is 6.32. The van der Waals surface area contributed by atoms with Gasteiger partial charge in [-0.15, -0.1) is 0 Å². The van der Waals surface area contributed by atoms with Gasteiger partial charge in [0.2, 0.25) is 0 Å². The highest BCUT2D eigenvalue weighted by molar-refractivity contribution is 6.06. The Labute approximate surface area is 117 Å². The Morgan fingerprint density at radius 1 is 1.35 bits per heavy atom. The Balaban J connectivity index is 2.15. The van der Waals surface area contributed by atoms with Crippen LogP contribution in [0.3, 0.4) is 0 Å². The van der Waals surface area contributed by atoms with Crippen molar-refractivity contribution >= 4 is 17.3 Å². The van der Waals surface area contributed by atoms with Crippen molar-refractivity contribution in [2.75, 3.05) is 18.2 Å². The fraction of sp³-hybridized carbons (Fsp3) is 0.286. The average molecular weight is 274 g/mol. The summed E-state index contributed by atoms with van der Waals surface area (Å²) in [6.07, 6.45) is 0. The molecule has 0 saturated heterocycles. The molecule has 2 rings (SSSR count). The maximum absolute atomic E-state index is 12.1. The lowest BCUT2D eigenvalue weighted by Gasteiger charge is -2.06. The molecule has 1 heterocycles. The normalized spacial score (nSPS) is 10.6. The summed E-state index contributed by atoms with van der Waals surface area (Å²) in [5.41, 5.74) is 7.96. The van der Waals surface area contributed by atoms with Gasteiger partial charge in [-0.2, -0.15) is 5.10 Å². The van der Waals surface area contributed by atoms with Crippen LogP contribution in [0.5, 0.6) is 5.75 Å². The zero-order chi connectivity index (χ0) is 14.7. The highest BCUT2D eigenvalue weighted by Crippen LogP contribution is 2.23. The van der Waals surface area contributed by atoms with E-state index in [1.54, 1.807) is 31.4 Å². The number of benzene rings is 1. The lowest BCUT2D eigenvalue weighted by molar-refractivity contribution is 0.102. The van der Waals surface area contributed by atoms with Crippen LogP contribution in [-0.4, -0.2) is 23.2 Å². The zero-order valence-electron chi connectivity index (χ0n) is 11.7. The number of H-pyrrole nitrogens is 1. The zero-order valence-corrected chi connectivity index (χ0v) is 11.7. The maximum atomic E-state index is 12.1. The van der Waals surface area contributed by atoms with Gasteiger partial charge in [-0.25, -0.2) is 0 Å². The van der Waals surface area contributed by atoms with Gasteiger partial charge in [0.15, 0.2) is 5.69 Å². The van der Waals surface area contributed by atoms with E-state index < -0.39 is 0 Å². The number of carbonyl (C=O) groups is 1. The van der Waals surface area contributed by atoms with Crippen LogP contribution in [0.4, 0.5) is 11.4 Å². The summed E-state index contributed by atoms with van der Waals surface area (Å²) in [4.78, 5) is 12.1. The number of nitrogens with zero attached hydrogens (tertiary/aromatic N) is 1. The molecule has 0 bridgehead atoms. The van der Waals surface area contributed by atoms with Crippen molar-refractivity contribution in [3.05, 3.63) is 35.7 Å². The van der Waals surface area contributed by atoms with Gasteiger partial charge in [-0.1, -0.05) is 13.8 Å². The standard InChI is InChI=1S/C14H18N4O2/c1-8(2)12-11(15)13(18-17-12)14(19)16-9-4-6-10(20-3)7-5-9/h4-8H,15H2,1-3H3,(H,16,19)(H,17,18). The summed E-state index contributed by atoms with van der Waals surface area (Å²) in [6.45, 7) is 3.96. The Hall–Kier alpha value is -2.50. The molecule has 1 amide bonds. The number of anilines is 2. The summed E-state index contributed by atoms with van der Waals surface area (Å²) in [6, 6.07) is 7.04. The largest absolute Gasteiger partial charge is 0.497 e. The van der Waals surface area contributed by atoms with Gasteiger partial charge in [0.05, 0.1) is 18.5 Å². The molecule has 1 aromatic carbocycles. The molecule has 20 heavy (non-hydrogen) atoms. The maximum Gasteiger partial charge on any atom is 0.278 e. The van der Waals surface area contributed by atoms with E-state index in [1.807, 2.05) is 13.8 Å². The van der Waals surface area contributed by atoms with Crippen LogP contribution in [0.1, 0.15) is 35.9 Å². The summed E-state index contributed by atoms with van der Waals surface area (Å²) in [7, 11) is 1.59. The van der Waals surface area contributed by atoms with Gasteiger partial charge < -0.3 is 15.8 Å². The monoisotopic (exact) mass is 274 g/mol. The minimum atomic E-state index is -0.337. The van der Waals surface area contributed by atoms with Gasteiger partial charge in [0, 0.05) is 5.69 Å². The fourth-order valence-electron chi connectivity index (χ4n) is 1.84. The van der Waals surface area contributed by atoms with E-state index in [2.05, 4.69) is 15.5 Å². The van der Waals surface area contributed by atoms with Gasteiger partial charge in [-0.3, -0.25) is 9.89 Å². The second-order valence-corrected chi connectivity index (χ2v) is 4.74. The number of aromatic nitrogens is 2. The number of carbonyl (C=O) groups excluding carboxylic acids is 1. The minimum absolute atomic E-state index is 0.185. The summed E-state index contributed by atoms with van der Waals surface area (Å²) >= 11 is 0. The van der Waals surface area contributed by atoms with Crippen LogP contribution < -0.4 is 15.8 Å². The molecule has 0 aliphatic carbocycles. The molecule has 6 heteroatoms. The van der Waals surface area contributed by atoms with Gasteiger partial charge >= 0.3 is 0 Å². The topological polar surface area (TPSA) is 93.0 Å². The van der Waals surface area contributed by atoms with E-state index in [0.717, 1.165) is 11.4 Å². The fourth-order valence-corrected chi connectivity index (χ4v) is 1.84. The van der Waals surface area contributed by atoms with E-state index in [0.29, 0.717) is 11.4 Å². The first kappa shape index (κ1) is 13.9. The third-order valence-corrected chi connectivity index (χ3v) is 2.97. The number of hydrogen-bond donors (Lipinski definition) is 3. The molecular weight excluding hydrogens is 256 g/mol. The molecule has 0 unspecified atom stereocenters. The predicted octanol–water partition coefficient (Wildman–Crippen LogP) is 2.38. The van der Waals surface area contributed by atoms with Crippen LogP contribution in [-0.2, 0) is 0 Å². The Kier molecular flexibility index (Phi) is 3.93. The molecule has 0 saturated carbocycles. The Morgan fingerprint density at radius 3 is 2.50 bits per heavy atom. The quantitative estimate of drug-likeness (QED) is 0.798. The lowest BCUT2D eigenvalue weighted by Crippen LogP contribution is -2.14. The van der Waals surface area contributed by atoms with E-state index in [-0.39, 0.29) is 17.5 Å². The van der Waals surface area contributed by atoms with Crippen molar-refractivity contribution in [2.45, 2.75) is 19.8 Å². The molecule has 6 nitrogen and oxygen atoms in total. The molecule has 0 fully saturated rings.